The molecule has 4 atom stereocenters. The number of hydrogen-bond acceptors (Lipinski definition) is 3. The fourth-order valence-electron chi connectivity index (χ4n) is 3.36. The summed E-state index contributed by atoms with van der Waals surface area (Å²) in [6.07, 6.45) is 3.49. The third-order valence-corrected chi connectivity index (χ3v) is 4.27. The molecule has 3 heterocycles. The van der Waals surface area contributed by atoms with Crippen LogP contribution in [0.25, 0.3) is 0 Å². The van der Waals surface area contributed by atoms with Gasteiger partial charge in [0.2, 0.25) is 5.91 Å². The van der Waals surface area contributed by atoms with Gasteiger partial charge in [0.15, 0.2) is 0 Å². The van der Waals surface area contributed by atoms with Crippen LogP contribution in [-0.4, -0.2) is 48.7 Å². The van der Waals surface area contributed by atoms with Crippen molar-refractivity contribution in [3.63, 3.8) is 0 Å². The zero-order valence-electron chi connectivity index (χ0n) is 9.82. The Kier molecular flexibility index (Phi) is 2.64. The third kappa shape index (κ3) is 1.64. The highest BCUT2D eigenvalue weighted by Gasteiger charge is 2.44. The van der Waals surface area contributed by atoms with Gasteiger partial charge in [-0.25, -0.2) is 0 Å². The number of rotatable bonds is 1. The van der Waals surface area contributed by atoms with Crippen LogP contribution in [0.15, 0.2) is 0 Å². The Balaban J connectivity index is 1.68. The Labute approximate surface area is 96.3 Å². The van der Waals surface area contributed by atoms with E-state index >= 15 is 0 Å². The lowest BCUT2D eigenvalue weighted by atomic mass is 9.88. The number of ether oxygens (including phenoxy) is 1. The maximum atomic E-state index is 12.4. The number of fused-ring (bicyclic) bond motifs is 2. The molecule has 3 fully saturated rings. The van der Waals surface area contributed by atoms with Gasteiger partial charge in [-0.15, -0.1) is 0 Å². The summed E-state index contributed by atoms with van der Waals surface area (Å²) >= 11 is 0. The van der Waals surface area contributed by atoms with Crippen molar-refractivity contribution in [2.24, 2.45) is 5.92 Å². The first-order chi connectivity index (χ1) is 7.75. The molecule has 3 saturated heterocycles. The Morgan fingerprint density at radius 2 is 2.31 bits per heavy atom. The molecular formula is C12H20N2O2. The number of amides is 1. The first kappa shape index (κ1) is 10.5. The highest BCUT2D eigenvalue weighted by atomic mass is 16.5. The number of nitrogens with zero attached hydrogens (tertiary/aromatic N) is 1. The topological polar surface area (TPSA) is 41.6 Å². The van der Waals surface area contributed by atoms with Crippen LogP contribution in [0.1, 0.15) is 26.2 Å². The van der Waals surface area contributed by atoms with Crippen LogP contribution in [0.5, 0.6) is 0 Å². The van der Waals surface area contributed by atoms with Crippen LogP contribution in [0.2, 0.25) is 0 Å². The van der Waals surface area contributed by atoms with Crippen molar-refractivity contribution in [2.75, 3.05) is 19.8 Å². The number of carbonyl (C=O) groups excluding carboxylic acids is 1. The van der Waals surface area contributed by atoms with E-state index in [2.05, 4.69) is 12.2 Å². The lowest BCUT2D eigenvalue weighted by Gasteiger charge is -2.36. The molecule has 0 saturated carbocycles. The van der Waals surface area contributed by atoms with E-state index in [1.165, 1.54) is 12.8 Å². The van der Waals surface area contributed by atoms with E-state index in [0.29, 0.717) is 31.2 Å². The Hall–Kier alpha value is -0.610. The van der Waals surface area contributed by atoms with Crippen molar-refractivity contribution in [1.29, 1.82) is 0 Å². The van der Waals surface area contributed by atoms with Crippen LogP contribution >= 0.6 is 0 Å². The first-order valence-corrected chi connectivity index (χ1v) is 6.40. The minimum atomic E-state index is 0.235. The molecule has 3 rings (SSSR count). The van der Waals surface area contributed by atoms with Gasteiger partial charge in [0.25, 0.3) is 0 Å². The van der Waals surface area contributed by atoms with E-state index < -0.39 is 0 Å². The van der Waals surface area contributed by atoms with E-state index in [-0.39, 0.29) is 12.0 Å². The second kappa shape index (κ2) is 4.00. The molecule has 0 spiro atoms. The second-order valence-corrected chi connectivity index (χ2v) is 5.35. The smallest absolute Gasteiger partial charge is 0.227 e. The molecule has 0 aromatic heterocycles. The van der Waals surface area contributed by atoms with Gasteiger partial charge in [-0.1, -0.05) is 0 Å². The third-order valence-electron chi connectivity index (χ3n) is 4.27. The van der Waals surface area contributed by atoms with Gasteiger partial charge in [0.1, 0.15) is 0 Å². The fourth-order valence-corrected chi connectivity index (χ4v) is 3.36. The quantitative estimate of drug-likeness (QED) is 0.700. The standard InChI is InChI=1S/C12H20N2O2/c1-8-7-16-5-4-14(8)12(15)10-6-9-2-3-11(10)13-9/h8-11,13H,2-7H2,1H3. The van der Waals surface area contributed by atoms with Crippen LogP contribution in [0, 0.1) is 5.92 Å². The molecule has 1 amide bonds. The van der Waals surface area contributed by atoms with Crippen molar-refractivity contribution < 1.29 is 9.53 Å². The second-order valence-electron chi connectivity index (χ2n) is 5.35. The SMILES string of the molecule is CC1COCCN1C(=O)C1CC2CCC1N2. The van der Waals surface area contributed by atoms with E-state index in [9.17, 15) is 4.79 Å². The summed E-state index contributed by atoms with van der Waals surface area (Å²) in [4.78, 5) is 14.5. The minimum Gasteiger partial charge on any atom is -0.377 e. The monoisotopic (exact) mass is 224 g/mol. The average molecular weight is 224 g/mol. The molecule has 0 radical (unpaired) electrons. The normalized spacial score (nSPS) is 42.7. The number of nitrogens with one attached hydrogen (secondary N) is 1. The molecular weight excluding hydrogens is 204 g/mol. The largest absolute Gasteiger partial charge is 0.377 e. The summed E-state index contributed by atoms with van der Waals surface area (Å²) in [5, 5.41) is 3.53. The Bertz CT molecular complexity index is 291. The van der Waals surface area contributed by atoms with Crippen molar-refractivity contribution >= 4 is 5.91 Å². The van der Waals surface area contributed by atoms with E-state index in [0.717, 1.165) is 13.0 Å². The van der Waals surface area contributed by atoms with Gasteiger partial charge in [0.05, 0.1) is 25.2 Å². The minimum absolute atomic E-state index is 0.235. The van der Waals surface area contributed by atoms with Gasteiger partial charge >= 0.3 is 0 Å². The molecule has 2 bridgehead atoms. The van der Waals surface area contributed by atoms with E-state index in [1.807, 2.05) is 4.90 Å². The molecule has 4 nitrogen and oxygen atoms in total. The summed E-state index contributed by atoms with van der Waals surface area (Å²) in [6.45, 7) is 4.25. The molecule has 4 heteroatoms. The zero-order valence-corrected chi connectivity index (χ0v) is 9.82. The molecule has 3 aliphatic rings. The molecule has 4 unspecified atom stereocenters. The van der Waals surface area contributed by atoms with Gasteiger partial charge < -0.3 is 15.0 Å². The maximum absolute atomic E-state index is 12.4. The van der Waals surface area contributed by atoms with Gasteiger partial charge in [-0.05, 0) is 26.2 Å². The Morgan fingerprint density at radius 3 is 2.94 bits per heavy atom. The molecule has 16 heavy (non-hydrogen) atoms. The summed E-state index contributed by atoms with van der Waals surface area (Å²) in [5.41, 5.74) is 0. The zero-order chi connectivity index (χ0) is 11.1. The van der Waals surface area contributed by atoms with Crippen molar-refractivity contribution in [2.45, 2.75) is 44.3 Å². The number of carbonyl (C=O) groups is 1. The van der Waals surface area contributed by atoms with Gasteiger partial charge in [-0.2, -0.15) is 0 Å². The number of morpholine rings is 1. The summed E-state index contributed by atoms with van der Waals surface area (Å²) in [5.74, 6) is 0.592. The highest BCUT2D eigenvalue weighted by molar-refractivity contribution is 5.80. The lowest BCUT2D eigenvalue weighted by molar-refractivity contribution is -0.144. The molecule has 0 aromatic carbocycles. The van der Waals surface area contributed by atoms with Crippen LogP contribution in [0.4, 0.5) is 0 Å². The summed E-state index contributed by atoms with van der Waals surface area (Å²) in [7, 11) is 0. The first-order valence-electron chi connectivity index (χ1n) is 6.40. The van der Waals surface area contributed by atoms with Crippen LogP contribution in [-0.2, 0) is 9.53 Å². The molecule has 1 N–H and O–H groups in total. The molecule has 0 aromatic rings. The molecule has 0 aliphatic carbocycles. The summed E-state index contributed by atoms with van der Waals surface area (Å²) in [6, 6.07) is 1.31. The summed E-state index contributed by atoms with van der Waals surface area (Å²) < 4.78 is 5.38. The van der Waals surface area contributed by atoms with Crippen molar-refractivity contribution in [3.05, 3.63) is 0 Å². The van der Waals surface area contributed by atoms with Gasteiger partial charge in [-0.3, -0.25) is 4.79 Å². The number of hydrogen-bond donors (Lipinski definition) is 1. The lowest BCUT2D eigenvalue weighted by Crippen LogP contribution is -2.51. The van der Waals surface area contributed by atoms with Crippen LogP contribution in [0.3, 0.4) is 0 Å². The molecule has 3 aliphatic heterocycles. The van der Waals surface area contributed by atoms with Gasteiger partial charge in [0, 0.05) is 18.6 Å². The predicted octanol–water partition coefficient (Wildman–Crippen LogP) is 0.374. The predicted molar refractivity (Wildman–Crippen MR) is 60.0 cm³/mol. The molecule has 90 valence electrons. The Morgan fingerprint density at radius 1 is 1.44 bits per heavy atom. The fraction of sp³-hybridized carbons (Fsp3) is 0.917. The maximum Gasteiger partial charge on any atom is 0.227 e. The van der Waals surface area contributed by atoms with Crippen LogP contribution < -0.4 is 5.32 Å². The average Bonchev–Trinajstić information content (AvgIpc) is 2.90. The van der Waals surface area contributed by atoms with E-state index in [1.54, 1.807) is 0 Å². The van der Waals surface area contributed by atoms with Crippen molar-refractivity contribution in [3.8, 4) is 0 Å². The highest BCUT2D eigenvalue weighted by Crippen LogP contribution is 2.34. The van der Waals surface area contributed by atoms with Crippen molar-refractivity contribution in [1.82, 2.24) is 10.2 Å². The van der Waals surface area contributed by atoms with E-state index in [4.69, 9.17) is 4.74 Å².